The average molecular weight is 334 g/mol. The first-order chi connectivity index (χ1) is 8.69. The summed E-state index contributed by atoms with van der Waals surface area (Å²) in [5, 5.41) is 2.08. The maximum atomic E-state index is 11.2. The van der Waals surface area contributed by atoms with Crippen molar-refractivity contribution in [3.8, 4) is 0 Å². The van der Waals surface area contributed by atoms with Crippen LogP contribution in [0.1, 0.15) is 11.3 Å². The van der Waals surface area contributed by atoms with Gasteiger partial charge in [0.1, 0.15) is 0 Å². The summed E-state index contributed by atoms with van der Waals surface area (Å²) in [6, 6.07) is 2.06. The minimum Gasteiger partial charge on any atom is -0.469 e. The third-order valence-electron chi connectivity index (χ3n) is 2.90. The van der Waals surface area contributed by atoms with Crippen LogP contribution >= 0.6 is 27.3 Å². The maximum Gasteiger partial charge on any atom is 0.308 e. The van der Waals surface area contributed by atoms with Gasteiger partial charge in [0.25, 0.3) is 0 Å². The average Bonchev–Trinajstić information content (AvgIpc) is 2.75. The lowest BCUT2D eigenvalue weighted by Gasteiger charge is -2.32. The zero-order valence-corrected chi connectivity index (χ0v) is 12.6. The molecule has 0 amide bonds. The molecule has 0 saturated carbocycles. The van der Waals surface area contributed by atoms with Gasteiger partial charge in [-0.3, -0.25) is 9.69 Å². The van der Waals surface area contributed by atoms with Crippen molar-refractivity contribution in [2.75, 3.05) is 26.8 Å². The van der Waals surface area contributed by atoms with Gasteiger partial charge in [-0.2, -0.15) is 0 Å². The number of hydrogen-bond donors (Lipinski definition) is 0. The molecule has 100 valence electrons. The molecule has 0 spiro atoms. The highest BCUT2D eigenvalue weighted by Gasteiger charge is 2.23. The normalized spacial score (nSPS) is 20.9. The van der Waals surface area contributed by atoms with E-state index in [1.165, 1.54) is 12.0 Å². The number of ether oxygens (including phenoxy) is 2. The number of carbonyl (C=O) groups excluding carboxylic acids is 1. The van der Waals surface area contributed by atoms with Gasteiger partial charge in [-0.25, -0.2) is 0 Å². The van der Waals surface area contributed by atoms with E-state index in [4.69, 9.17) is 4.74 Å². The van der Waals surface area contributed by atoms with Crippen molar-refractivity contribution in [3.63, 3.8) is 0 Å². The molecule has 1 aromatic heterocycles. The molecule has 0 bridgehead atoms. The lowest BCUT2D eigenvalue weighted by molar-refractivity contribution is -0.145. The Labute approximate surface area is 119 Å². The van der Waals surface area contributed by atoms with E-state index in [9.17, 15) is 4.79 Å². The Balaban J connectivity index is 1.87. The summed E-state index contributed by atoms with van der Waals surface area (Å²) >= 11 is 5.28. The Bertz CT molecular complexity index is 410. The van der Waals surface area contributed by atoms with Gasteiger partial charge >= 0.3 is 5.97 Å². The third kappa shape index (κ3) is 3.78. The van der Waals surface area contributed by atoms with Gasteiger partial charge in [0, 0.05) is 29.0 Å². The number of rotatable bonds is 4. The molecular formula is C12H16BrNO3S. The molecule has 0 N–H and O–H groups in total. The molecule has 2 rings (SSSR count). The third-order valence-corrected chi connectivity index (χ3v) is 4.81. The van der Waals surface area contributed by atoms with Gasteiger partial charge in [-0.15, -0.1) is 11.3 Å². The number of thiophene rings is 1. The SMILES string of the molecule is COC(=O)C[C@@H]1CN(Cc2sccc2Br)CCO1. The highest BCUT2D eigenvalue weighted by atomic mass is 79.9. The first-order valence-electron chi connectivity index (χ1n) is 5.81. The molecular weight excluding hydrogens is 318 g/mol. The van der Waals surface area contributed by atoms with Crippen LogP contribution in [-0.2, 0) is 20.8 Å². The van der Waals surface area contributed by atoms with Crippen LogP contribution in [0.2, 0.25) is 0 Å². The number of halogens is 1. The molecule has 18 heavy (non-hydrogen) atoms. The van der Waals surface area contributed by atoms with E-state index < -0.39 is 0 Å². The van der Waals surface area contributed by atoms with Crippen molar-refractivity contribution in [2.45, 2.75) is 19.1 Å². The molecule has 0 radical (unpaired) electrons. The number of methoxy groups -OCH3 is 1. The smallest absolute Gasteiger partial charge is 0.308 e. The quantitative estimate of drug-likeness (QED) is 0.792. The Morgan fingerprint density at radius 3 is 3.22 bits per heavy atom. The molecule has 1 aliphatic rings. The van der Waals surface area contributed by atoms with Crippen LogP contribution in [0.4, 0.5) is 0 Å². The van der Waals surface area contributed by atoms with E-state index in [1.807, 2.05) is 0 Å². The second kappa shape index (κ2) is 6.65. The van der Waals surface area contributed by atoms with Crippen molar-refractivity contribution in [3.05, 3.63) is 20.8 Å². The van der Waals surface area contributed by atoms with E-state index in [0.717, 1.165) is 24.1 Å². The molecule has 2 heterocycles. The Kier molecular flexibility index (Phi) is 5.17. The van der Waals surface area contributed by atoms with Crippen LogP contribution in [0.25, 0.3) is 0 Å². The van der Waals surface area contributed by atoms with Crippen molar-refractivity contribution in [1.29, 1.82) is 0 Å². The predicted molar refractivity (Wildman–Crippen MR) is 73.7 cm³/mol. The molecule has 1 aromatic rings. The summed E-state index contributed by atoms with van der Waals surface area (Å²) in [7, 11) is 1.41. The largest absolute Gasteiger partial charge is 0.469 e. The van der Waals surface area contributed by atoms with Crippen molar-refractivity contribution in [2.24, 2.45) is 0 Å². The second-order valence-corrected chi connectivity index (χ2v) is 6.05. The summed E-state index contributed by atoms with van der Waals surface area (Å²) in [4.78, 5) is 14.9. The molecule has 0 aliphatic carbocycles. The van der Waals surface area contributed by atoms with Gasteiger partial charge in [0.15, 0.2) is 0 Å². The summed E-state index contributed by atoms with van der Waals surface area (Å²) in [5.41, 5.74) is 0. The zero-order chi connectivity index (χ0) is 13.0. The minimum absolute atomic E-state index is 0.0510. The first-order valence-corrected chi connectivity index (χ1v) is 7.49. The van der Waals surface area contributed by atoms with E-state index in [0.29, 0.717) is 13.0 Å². The fourth-order valence-electron chi connectivity index (χ4n) is 1.96. The fraction of sp³-hybridized carbons (Fsp3) is 0.583. The number of morpholine rings is 1. The van der Waals surface area contributed by atoms with Crippen LogP contribution in [0.3, 0.4) is 0 Å². The van der Waals surface area contributed by atoms with Crippen LogP contribution in [-0.4, -0.2) is 43.8 Å². The fourth-order valence-corrected chi connectivity index (χ4v) is 3.48. The van der Waals surface area contributed by atoms with Crippen molar-refractivity contribution < 1.29 is 14.3 Å². The Morgan fingerprint density at radius 1 is 1.72 bits per heavy atom. The van der Waals surface area contributed by atoms with E-state index in [1.54, 1.807) is 11.3 Å². The van der Waals surface area contributed by atoms with Crippen molar-refractivity contribution >= 4 is 33.2 Å². The molecule has 1 fully saturated rings. The monoisotopic (exact) mass is 333 g/mol. The Morgan fingerprint density at radius 2 is 2.56 bits per heavy atom. The van der Waals surface area contributed by atoms with Crippen LogP contribution < -0.4 is 0 Å². The lowest BCUT2D eigenvalue weighted by Crippen LogP contribution is -2.42. The Hall–Kier alpha value is -0.430. The number of hydrogen-bond acceptors (Lipinski definition) is 5. The molecule has 1 atom stereocenters. The van der Waals surface area contributed by atoms with E-state index in [-0.39, 0.29) is 12.1 Å². The molecule has 1 aliphatic heterocycles. The van der Waals surface area contributed by atoms with Crippen LogP contribution in [0, 0.1) is 0 Å². The molecule has 0 aromatic carbocycles. The second-order valence-electron chi connectivity index (χ2n) is 4.20. The van der Waals surface area contributed by atoms with Gasteiger partial charge in [-0.05, 0) is 27.4 Å². The number of esters is 1. The van der Waals surface area contributed by atoms with Gasteiger partial charge < -0.3 is 9.47 Å². The summed E-state index contributed by atoms with van der Waals surface area (Å²) in [5.74, 6) is -0.209. The van der Waals surface area contributed by atoms with Crippen LogP contribution in [0.5, 0.6) is 0 Å². The molecule has 0 unspecified atom stereocenters. The van der Waals surface area contributed by atoms with Gasteiger partial charge in [-0.1, -0.05) is 0 Å². The minimum atomic E-state index is -0.209. The van der Waals surface area contributed by atoms with Gasteiger partial charge in [0.2, 0.25) is 0 Å². The summed E-state index contributed by atoms with van der Waals surface area (Å²) in [6.45, 7) is 3.26. The maximum absolute atomic E-state index is 11.2. The standard InChI is InChI=1S/C12H16BrNO3S/c1-16-12(15)6-9-7-14(3-4-17-9)8-11-10(13)2-5-18-11/h2,5,9H,3-4,6-8H2,1H3/t9-/m1/s1. The number of carbonyl (C=O) groups is 1. The topological polar surface area (TPSA) is 38.8 Å². The lowest BCUT2D eigenvalue weighted by atomic mass is 10.2. The summed E-state index contributed by atoms with van der Waals surface area (Å²) in [6.07, 6.45) is 0.281. The summed E-state index contributed by atoms with van der Waals surface area (Å²) < 4.78 is 11.4. The first kappa shape index (κ1) is 14.0. The highest BCUT2D eigenvalue weighted by molar-refractivity contribution is 9.10. The van der Waals surface area contributed by atoms with Crippen LogP contribution in [0.15, 0.2) is 15.9 Å². The highest BCUT2D eigenvalue weighted by Crippen LogP contribution is 2.25. The molecule has 4 nitrogen and oxygen atoms in total. The van der Waals surface area contributed by atoms with E-state index >= 15 is 0 Å². The van der Waals surface area contributed by atoms with Crippen molar-refractivity contribution in [1.82, 2.24) is 4.90 Å². The van der Waals surface area contributed by atoms with E-state index in [2.05, 4.69) is 37.0 Å². The predicted octanol–water partition coefficient (Wildman–Crippen LogP) is 2.27. The molecule has 1 saturated heterocycles. The molecule has 6 heteroatoms. The zero-order valence-electron chi connectivity index (χ0n) is 10.2. The van der Waals surface area contributed by atoms with Gasteiger partial charge in [0.05, 0.1) is 26.2 Å². The number of nitrogens with zero attached hydrogens (tertiary/aromatic N) is 1.